The molecule has 5 nitrogen and oxygen atoms in total. The van der Waals surface area contributed by atoms with Crippen molar-refractivity contribution in [1.29, 1.82) is 0 Å². The van der Waals surface area contributed by atoms with E-state index >= 15 is 0 Å². The van der Waals surface area contributed by atoms with Gasteiger partial charge < -0.3 is 5.73 Å². The van der Waals surface area contributed by atoms with Crippen molar-refractivity contribution in [1.82, 2.24) is 20.0 Å². The van der Waals surface area contributed by atoms with Crippen molar-refractivity contribution < 1.29 is 0 Å². The van der Waals surface area contributed by atoms with Crippen molar-refractivity contribution in [3.05, 3.63) is 47.8 Å². The molecule has 2 N–H and O–H groups in total. The van der Waals surface area contributed by atoms with Crippen molar-refractivity contribution in [2.45, 2.75) is 26.3 Å². The first-order valence-corrected chi connectivity index (χ1v) is 6.68. The molecule has 0 unspecified atom stereocenters. The van der Waals surface area contributed by atoms with Crippen molar-refractivity contribution >= 4 is 16.7 Å². The van der Waals surface area contributed by atoms with E-state index in [9.17, 15) is 0 Å². The van der Waals surface area contributed by atoms with E-state index in [4.69, 9.17) is 5.73 Å². The lowest BCUT2D eigenvalue weighted by Crippen LogP contribution is -2.09. The smallest absolute Gasteiger partial charge is 0.169 e. The molecule has 0 amide bonds. The summed E-state index contributed by atoms with van der Waals surface area (Å²) >= 11 is 0. The minimum atomic E-state index is 0.283. The fourth-order valence-corrected chi connectivity index (χ4v) is 2.39. The molecule has 20 heavy (non-hydrogen) atoms. The zero-order chi connectivity index (χ0) is 14.1. The lowest BCUT2D eigenvalue weighted by atomic mass is 10.1. The van der Waals surface area contributed by atoms with Gasteiger partial charge in [-0.25, -0.2) is 4.68 Å². The van der Waals surface area contributed by atoms with E-state index in [1.165, 1.54) is 0 Å². The summed E-state index contributed by atoms with van der Waals surface area (Å²) in [6, 6.07) is 12.2. The fraction of sp³-hybridized carbons (Fsp3) is 0.267. The van der Waals surface area contributed by atoms with Gasteiger partial charge in [0, 0.05) is 5.39 Å². The van der Waals surface area contributed by atoms with E-state index in [0.717, 1.165) is 22.3 Å². The van der Waals surface area contributed by atoms with E-state index < -0.39 is 0 Å². The maximum atomic E-state index is 5.87. The molecule has 3 rings (SSSR count). The Labute approximate surface area is 117 Å². The number of anilines is 1. The van der Waals surface area contributed by atoms with Crippen molar-refractivity contribution in [3.8, 4) is 0 Å². The summed E-state index contributed by atoms with van der Waals surface area (Å²) < 4.78 is 1.83. The molecule has 0 radical (unpaired) electrons. The first-order valence-electron chi connectivity index (χ1n) is 6.68. The van der Waals surface area contributed by atoms with E-state index in [1.807, 2.05) is 28.9 Å². The highest BCUT2D eigenvalue weighted by molar-refractivity contribution is 5.78. The summed E-state index contributed by atoms with van der Waals surface area (Å²) in [6.07, 6.45) is 0. The van der Waals surface area contributed by atoms with Crippen LogP contribution in [0.4, 0.5) is 5.82 Å². The standard InChI is InChI=1S/C15H17N5/c1-10(2)14-15(16)18-19-20(14)9-12-8-7-11-5-3-4-6-13(11)17-12/h3-8,10H,9,16H2,1-2H3. The minimum Gasteiger partial charge on any atom is -0.381 e. The molecule has 3 aromatic rings. The maximum Gasteiger partial charge on any atom is 0.169 e. The number of benzene rings is 1. The van der Waals surface area contributed by atoms with Gasteiger partial charge in [-0.2, -0.15) is 0 Å². The van der Waals surface area contributed by atoms with E-state index in [0.29, 0.717) is 12.4 Å². The molecule has 0 fully saturated rings. The molecule has 0 saturated carbocycles. The Morgan fingerprint density at radius 2 is 1.95 bits per heavy atom. The van der Waals surface area contributed by atoms with Crippen LogP contribution in [0.2, 0.25) is 0 Å². The number of nitrogens with zero attached hydrogens (tertiary/aromatic N) is 4. The van der Waals surface area contributed by atoms with Crippen LogP contribution in [0.5, 0.6) is 0 Å². The number of hydrogen-bond acceptors (Lipinski definition) is 4. The largest absolute Gasteiger partial charge is 0.381 e. The second kappa shape index (κ2) is 4.92. The highest BCUT2D eigenvalue weighted by Crippen LogP contribution is 2.20. The second-order valence-corrected chi connectivity index (χ2v) is 5.17. The maximum absolute atomic E-state index is 5.87. The van der Waals surface area contributed by atoms with Crippen LogP contribution in [0.3, 0.4) is 0 Å². The average molecular weight is 267 g/mol. The number of rotatable bonds is 3. The van der Waals surface area contributed by atoms with Gasteiger partial charge in [-0.1, -0.05) is 43.3 Å². The zero-order valence-electron chi connectivity index (χ0n) is 11.6. The van der Waals surface area contributed by atoms with Crippen molar-refractivity contribution in [2.24, 2.45) is 0 Å². The summed E-state index contributed by atoms with van der Waals surface area (Å²) in [4.78, 5) is 4.65. The Morgan fingerprint density at radius 1 is 1.15 bits per heavy atom. The number of aromatic nitrogens is 4. The Hall–Kier alpha value is -2.43. The van der Waals surface area contributed by atoms with Crippen LogP contribution in [-0.4, -0.2) is 20.0 Å². The van der Waals surface area contributed by atoms with Gasteiger partial charge in [-0.3, -0.25) is 4.98 Å². The van der Waals surface area contributed by atoms with Crippen LogP contribution in [-0.2, 0) is 6.54 Å². The molecule has 0 spiro atoms. The van der Waals surface area contributed by atoms with Gasteiger partial charge in [-0.15, -0.1) is 5.10 Å². The minimum absolute atomic E-state index is 0.283. The van der Waals surface area contributed by atoms with Crippen LogP contribution in [0.25, 0.3) is 10.9 Å². The van der Waals surface area contributed by atoms with Gasteiger partial charge in [0.2, 0.25) is 0 Å². The summed E-state index contributed by atoms with van der Waals surface area (Å²) in [5.74, 6) is 0.784. The molecular weight excluding hydrogens is 250 g/mol. The summed E-state index contributed by atoms with van der Waals surface area (Å²) in [6.45, 7) is 4.75. The van der Waals surface area contributed by atoms with Gasteiger partial charge in [0.15, 0.2) is 5.82 Å². The molecule has 1 aromatic carbocycles. The van der Waals surface area contributed by atoms with Crippen LogP contribution >= 0.6 is 0 Å². The molecule has 2 aromatic heterocycles. The van der Waals surface area contributed by atoms with Gasteiger partial charge in [0.25, 0.3) is 0 Å². The van der Waals surface area contributed by atoms with Gasteiger partial charge in [-0.05, 0) is 18.1 Å². The highest BCUT2D eigenvalue weighted by atomic mass is 15.4. The van der Waals surface area contributed by atoms with E-state index in [1.54, 1.807) is 0 Å². The quantitative estimate of drug-likeness (QED) is 0.791. The third-order valence-corrected chi connectivity index (χ3v) is 3.32. The predicted molar refractivity (Wildman–Crippen MR) is 79.4 cm³/mol. The Morgan fingerprint density at radius 3 is 2.75 bits per heavy atom. The third-order valence-electron chi connectivity index (χ3n) is 3.32. The monoisotopic (exact) mass is 267 g/mol. The number of nitrogens with two attached hydrogens (primary N) is 1. The van der Waals surface area contributed by atoms with Crippen LogP contribution < -0.4 is 5.73 Å². The summed E-state index contributed by atoms with van der Waals surface area (Å²) in [5.41, 5.74) is 8.77. The molecule has 0 atom stereocenters. The number of pyridine rings is 1. The molecule has 0 aliphatic carbocycles. The Bertz CT molecular complexity index is 745. The zero-order valence-corrected chi connectivity index (χ0v) is 11.6. The molecule has 0 aliphatic rings. The fourth-order valence-electron chi connectivity index (χ4n) is 2.39. The molecular formula is C15H17N5. The molecule has 0 bridgehead atoms. The van der Waals surface area contributed by atoms with Crippen molar-refractivity contribution in [2.75, 3.05) is 5.73 Å². The topological polar surface area (TPSA) is 69.6 Å². The molecule has 2 heterocycles. The molecule has 0 aliphatic heterocycles. The van der Waals surface area contributed by atoms with E-state index in [-0.39, 0.29) is 5.92 Å². The van der Waals surface area contributed by atoms with Crippen molar-refractivity contribution in [3.63, 3.8) is 0 Å². The normalized spacial score (nSPS) is 11.3. The van der Waals surface area contributed by atoms with Crippen LogP contribution in [0, 0.1) is 0 Å². The summed E-state index contributed by atoms with van der Waals surface area (Å²) in [7, 11) is 0. The lowest BCUT2D eigenvalue weighted by molar-refractivity contribution is 0.591. The number of hydrogen-bond donors (Lipinski definition) is 1. The number of nitrogen functional groups attached to an aromatic ring is 1. The number of fused-ring (bicyclic) bond motifs is 1. The van der Waals surface area contributed by atoms with Crippen LogP contribution in [0.1, 0.15) is 31.2 Å². The summed E-state index contributed by atoms with van der Waals surface area (Å²) in [5, 5.41) is 9.21. The number of para-hydroxylation sites is 1. The first kappa shape index (κ1) is 12.6. The highest BCUT2D eigenvalue weighted by Gasteiger charge is 2.14. The predicted octanol–water partition coefficient (Wildman–Crippen LogP) is 2.58. The van der Waals surface area contributed by atoms with Gasteiger partial charge >= 0.3 is 0 Å². The average Bonchev–Trinajstić information content (AvgIpc) is 2.79. The second-order valence-electron chi connectivity index (χ2n) is 5.17. The Balaban J connectivity index is 1.97. The lowest BCUT2D eigenvalue weighted by Gasteiger charge is -2.09. The van der Waals surface area contributed by atoms with E-state index in [2.05, 4.69) is 41.3 Å². The molecule has 0 saturated heterocycles. The van der Waals surface area contributed by atoms with Gasteiger partial charge in [0.1, 0.15) is 0 Å². The first-order chi connectivity index (χ1) is 9.65. The Kier molecular flexibility index (Phi) is 3.10. The third kappa shape index (κ3) is 2.22. The SMILES string of the molecule is CC(C)c1c(N)nnn1Cc1ccc2ccccc2n1. The molecule has 102 valence electrons. The molecule has 5 heteroatoms. The van der Waals surface area contributed by atoms with Gasteiger partial charge in [0.05, 0.1) is 23.4 Å². The van der Waals surface area contributed by atoms with Crippen LogP contribution in [0.15, 0.2) is 36.4 Å².